The van der Waals surface area contributed by atoms with Gasteiger partial charge in [-0.15, -0.1) is 0 Å². The van der Waals surface area contributed by atoms with Gasteiger partial charge in [-0.05, 0) is 0 Å². The third-order valence-corrected chi connectivity index (χ3v) is 1.78. The normalized spacial score (nSPS) is 17.4. The molecule has 5 N–H and O–H groups in total. The number of carbonyl (C=O) groups is 1. The van der Waals surface area contributed by atoms with Crippen LogP contribution in [-0.4, -0.2) is 105 Å². The summed E-state index contributed by atoms with van der Waals surface area (Å²) in [6, 6.07) is 0. The number of aldehydes is 1. The Morgan fingerprint density at radius 1 is 1.33 bits per heavy atom. The Bertz CT molecular complexity index is 238. The molecule has 0 radical (unpaired) electrons. The van der Waals surface area contributed by atoms with Gasteiger partial charge in [-0.1, -0.05) is 0 Å². The molecule has 0 aromatic heterocycles. The Morgan fingerprint density at radius 3 is 2.13 bits per heavy atom. The molecule has 88 valence electrons. The Hall–Kier alpha value is 1.23. The van der Waals surface area contributed by atoms with Crippen LogP contribution in [-0.2, 0) is 13.9 Å². The molecule has 15 heavy (non-hydrogen) atoms. The van der Waals surface area contributed by atoms with E-state index in [2.05, 4.69) is 4.52 Å². The van der Waals surface area contributed by atoms with Crippen LogP contribution < -0.4 is 0 Å². The van der Waals surface area contributed by atoms with E-state index in [4.69, 9.17) is 25.1 Å². The van der Waals surface area contributed by atoms with Crippen LogP contribution in [0.3, 0.4) is 0 Å². The molecule has 0 amide bonds. The molecule has 0 saturated carbocycles. The van der Waals surface area contributed by atoms with E-state index in [1.54, 1.807) is 0 Å². The Kier molecular flexibility index (Phi) is 10.3. The summed E-state index contributed by atoms with van der Waals surface area (Å²) in [4.78, 5) is 26.4. The maximum Gasteiger partial charge on any atom is 2.00 e. The first kappa shape index (κ1) is 18.6. The topological polar surface area (TPSA) is 145 Å². The molecule has 0 rings (SSSR count). The van der Waals surface area contributed by atoms with Gasteiger partial charge in [-0.3, -0.25) is 4.52 Å². The summed E-state index contributed by atoms with van der Waals surface area (Å²) in [5.41, 5.74) is 0. The molecule has 0 saturated heterocycles. The van der Waals surface area contributed by atoms with Crippen molar-refractivity contribution in [3.63, 3.8) is 0 Å². The van der Waals surface area contributed by atoms with Crippen molar-refractivity contribution in [3.05, 3.63) is 0 Å². The van der Waals surface area contributed by atoms with Gasteiger partial charge in [0.1, 0.15) is 18.3 Å². The third-order valence-electron chi connectivity index (χ3n) is 1.30. The Balaban J connectivity index is -0.000000282. The molecule has 0 unspecified atom stereocenters. The van der Waals surface area contributed by atoms with Gasteiger partial charge in [-0.2, -0.15) is 0 Å². The van der Waals surface area contributed by atoms with E-state index in [0.717, 1.165) is 0 Å². The van der Waals surface area contributed by atoms with E-state index >= 15 is 0 Å². The van der Waals surface area contributed by atoms with Gasteiger partial charge in [-0.25, -0.2) is 4.57 Å². The van der Waals surface area contributed by atoms with Crippen LogP contribution in [0.4, 0.5) is 0 Å². The van der Waals surface area contributed by atoms with Gasteiger partial charge in [0.15, 0.2) is 6.29 Å². The summed E-state index contributed by atoms with van der Waals surface area (Å²) in [5.74, 6) is 0. The van der Waals surface area contributed by atoms with E-state index < -0.39 is 32.7 Å². The summed E-state index contributed by atoms with van der Waals surface area (Å²) in [5, 5.41) is 26.6. The number of aliphatic hydroxyl groups excluding tert-OH is 3. The minimum Gasteiger partial charge on any atom is -1.00 e. The van der Waals surface area contributed by atoms with E-state index in [9.17, 15) is 9.36 Å². The molecule has 0 aliphatic carbocycles. The second-order valence-corrected chi connectivity index (χ2v) is 3.71. The Morgan fingerprint density at radius 2 is 1.80 bits per heavy atom. The van der Waals surface area contributed by atoms with Crippen LogP contribution in [0.15, 0.2) is 0 Å². The molecule has 0 heterocycles. The fourth-order valence-electron chi connectivity index (χ4n) is 0.580. The van der Waals surface area contributed by atoms with Crippen LogP contribution in [0.1, 0.15) is 2.85 Å². The molecule has 0 fully saturated rings. The minimum absolute atomic E-state index is 0. The van der Waals surface area contributed by atoms with Crippen molar-refractivity contribution in [2.45, 2.75) is 18.3 Å². The maximum absolute atomic E-state index is 10.1. The summed E-state index contributed by atoms with van der Waals surface area (Å²) in [7, 11) is -4.74. The van der Waals surface area contributed by atoms with Crippen LogP contribution >= 0.6 is 7.82 Å². The van der Waals surface area contributed by atoms with Crippen LogP contribution in [0, 0.1) is 0 Å². The first-order valence-electron chi connectivity index (χ1n) is 3.47. The van der Waals surface area contributed by atoms with Gasteiger partial charge in [0, 0.05) is 0 Å². The maximum atomic E-state index is 10.1. The zero-order chi connectivity index (χ0) is 11.4. The smallest absolute Gasteiger partial charge is 1.00 e. The number of hydrogen-bond donors (Lipinski definition) is 5. The Labute approximate surface area is 129 Å². The average Bonchev–Trinajstić information content (AvgIpc) is 2.10. The number of carbonyl (C=O) groups excluding carboxylic acids is 1. The fourth-order valence-corrected chi connectivity index (χ4v) is 0.927. The zero-order valence-electron chi connectivity index (χ0n) is 9.63. The molecule has 0 bridgehead atoms. The molecular weight excluding hydrogens is 356 g/mol. The molecule has 0 spiro atoms. The van der Waals surface area contributed by atoms with Crippen molar-refractivity contribution in [1.82, 2.24) is 0 Å². The zero-order valence-corrected chi connectivity index (χ0v) is 13.0. The standard InChI is InChI=1S/C5H11O8P.Ba.2H/c6-1-3(7)5(9)4(8)2-13-14(10,11)12;;;/h1,3-5,7-9H,2H2,(H2,10,11,12);;;/q;+2;2*-1/t3-,4+,5-;;;/m0.../s1. The molecule has 0 aromatic rings. The number of hydrogen-bond acceptors (Lipinski definition) is 6. The molecule has 10 heteroatoms. The average molecular weight is 369 g/mol. The minimum atomic E-state index is -4.74. The number of rotatable bonds is 6. The second kappa shape index (κ2) is 8.34. The quantitative estimate of drug-likeness (QED) is 0.192. The van der Waals surface area contributed by atoms with Gasteiger partial charge in [0.2, 0.25) is 0 Å². The second-order valence-electron chi connectivity index (χ2n) is 2.47. The first-order chi connectivity index (χ1) is 6.28. The van der Waals surface area contributed by atoms with Crippen molar-refractivity contribution in [2.24, 2.45) is 0 Å². The fraction of sp³-hybridized carbons (Fsp3) is 0.800. The van der Waals surface area contributed by atoms with Crippen molar-refractivity contribution in [3.8, 4) is 0 Å². The molecule has 0 aliphatic heterocycles. The van der Waals surface area contributed by atoms with E-state index in [-0.39, 0.29) is 58.0 Å². The third kappa shape index (κ3) is 8.98. The van der Waals surface area contributed by atoms with Gasteiger partial charge in [0.05, 0.1) is 6.61 Å². The number of phosphoric acid groups is 1. The van der Waals surface area contributed by atoms with Crippen molar-refractivity contribution >= 4 is 63.0 Å². The monoisotopic (exact) mass is 370 g/mol. The van der Waals surface area contributed by atoms with Crippen LogP contribution in [0.2, 0.25) is 0 Å². The van der Waals surface area contributed by atoms with E-state index in [1.165, 1.54) is 0 Å². The SMILES string of the molecule is O=C[C@H](O)[C@H](O)[C@H](O)COP(=O)(O)O.[Ba+2].[H-].[H-]. The molecule has 0 aliphatic rings. The van der Waals surface area contributed by atoms with Crippen LogP contribution in [0.25, 0.3) is 0 Å². The number of phosphoric ester groups is 1. The van der Waals surface area contributed by atoms with Gasteiger partial charge >= 0.3 is 56.7 Å². The van der Waals surface area contributed by atoms with Crippen molar-refractivity contribution in [1.29, 1.82) is 0 Å². The first-order valence-corrected chi connectivity index (χ1v) is 5.00. The number of aliphatic hydroxyl groups is 3. The summed E-state index contributed by atoms with van der Waals surface area (Å²) in [6.45, 7) is -0.893. The van der Waals surface area contributed by atoms with Crippen LogP contribution in [0.5, 0.6) is 0 Å². The van der Waals surface area contributed by atoms with Gasteiger partial charge < -0.3 is 32.8 Å². The van der Waals surface area contributed by atoms with E-state index in [0.29, 0.717) is 0 Å². The van der Waals surface area contributed by atoms with Crippen molar-refractivity contribution in [2.75, 3.05) is 6.61 Å². The van der Waals surface area contributed by atoms with E-state index in [1.807, 2.05) is 0 Å². The molecule has 8 nitrogen and oxygen atoms in total. The predicted molar refractivity (Wildman–Crippen MR) is 50.1 cm³/mol. The largest absolute Gasteiger partial charge is 2.00 e. The predicted octanol–water partition coefficient (Wildman–Crippen LogP) is -2.78. The molecular formula is C5H13BaO8P. The molecule has 0 aromatic carbocycles. The molecule has 3 atom stereocenters. The van der Waals surface area contributed by atoms with Gasteiger partial charge in [0.25, 0.3) is 0 Å². The summed E-state index contributed by atoms with van der Waals surface area (Å²) >= 11 is 0. The van der Waals surface area contributed by atoms with Crippen molar-refractivity contribution < 1.29 is 41.8 Å². The summed E-state index contributed by atoms with van der Waals surface area (Å²) in [6.07, 6.45) is -5.46. The summed E-state index contributed by atoms with van der Waals surface area (Å²) < 4.78 is 14.0.